The number of hydrogen-bond donors (Lipinski definition) is 1. The van der Waals surface area contributed by atoms with Crippen LogP contribution in [0.5, 0.6) is 0 Å². The van der Waals surface area contributed by atoms with Crippen LogP contribution in [0.4, 0.5) is 10.1 Å². The molecule has 3 aromatic rings. The van der Waals surface area contributed by atoms with E-state index in [2.05, 4.69) is 10.2 Å². The van der Waals surface area contributed by atoms with Crippen molar-refractivity contribution < 1.29 is 14.0 Å². The van der Waals surface area contributed by atoms with Crippen molar-refractivity contribution in [2.45, 2.75) is 31.1 Å². The number of thioether (sulfide) groups is 1. The lowest BCUT2D eigenvalue weighted by molar-refractivity contribution is 0.0840. The van der Waals surface area contributed by atoms with Crippen molar-refractivity contribution in [3.63, 3.8) is 0 Å². The van der Waals surface area contributed by atoms with E-state index in [-0.39, 0.29) is 23.4 Å². The molecule has 6 heteroatoms. The average Bonchev–Trinajstić information content (AvgIpc) is 2.93. The van der Waals surface area contributed by atoms with Gasteiger partial charge in [-0.1, -0.05) is 30.4 Å². The van der Waals surface area contributed by atoms with E-state index >= 15 is 0 Å². The Morgan fingerprint density at radius 2 is 1.70 bits per heavy atom. The average molecular weight is 517 g/mol. The van der Waals surface area contributed by atoms with Crippen LogP contribution in [-0.2, 0) is 0 Å². The summed E-state index contributed by atoms with van der Waals surface area (Å²) in [4.78, 5) is 29.0. The molecule has 1 amide bonds. The van der Waals surface area contributed by atoms with E-state index in [4.69, 9.17) is 0 Å². The Hall–Kier alpha value is -3.22. The Kier molecular flexibility index (Phi) is 9.69. The fraction of sp³-hybridized carbons (Fsp3) is 0.290. The van der Waals surface area contributed by atoms with Crippen molar-refractivity contribution >= 4 is 35.2 Å². The van der Waals surface area contributed by atoms with Crippen molar-refractivity contribution in [1.82, 2.24) is 4.90 Å². The molecule has 0 radical (unpaired) electrons. The molecule has 3 aromatic carbocycles. The van der Waals surface area contributed by atoms with Crippen LogP contribution < -0.4 is 5.32 Å². The maximum atomic E-state index is 13.1. The van der Waals surface area contributed by atoms with Gasteiger partial charge in [0.25, 0.3) is 5.91 Å². The van der Waals surface area contributed by atoms with Crippen molar-refractivity contribution in [1.29, 1.82) is 0 Å². The summed E-state index contributed by atoms with van der Waals surface area (Å²) in [6.07, 6.45) is 6.65. The normalized spacial score (nSPS) is 14.6. The van der Waals surface area contributed by atoms with Crippen molar-refractivity contribution in [2.75, 3.05) is 30.7 Å². The van der Waals surface area contributed by atoms with Crippen LogP contribution >= 0.6 is 11.8 Å². The zero-order valence-corrected chi connectivity index (χ0v) is 22.0. The van der Waals surface area contributed by atoms with Gasteiger partial charge < -0.3 is 10.2 Å². The quantitative estimate of drug-likeness (QED) is 0.176. The van der Waals surface area contributed by atoms with E-state index in [1.807, 2.05) is 79.4 Å². The Bertz CT molecular complexity index is 1220. The molecule has 37 heavy (non-hydrogen) atoms. The molecule has 1 aliphatic rings. The molecule has 1 fully saturated rings. The highest BCUT2D eigenvalue weighted by Crippen LogP contribution is 2.24. The first kappa shape index (κ1) is 26.8. The second-order valence-electron chi connectivity index (χ2n) is 9.25. The summed E-state index contributed by atoms with van der Waals surface area (Å²) in [5, 5.41) is 2.99. The number of halogens is 1. The minimum Gasteiger partial charge on any atom is -0.322 e. The topological polar surface area (TPSA) is 49.4 Å². The molecule has 0 saturated carbocycles. The molecular formula is C31H33FN2O2S. The van der Waals surface area contributed by atoms with E-state index in [0.717, 1.165) is 55.9 Å². The number of piperidine rings is 1. The lowest BCUT2D eigenvalue weighted by Gasteiger charge is -2.31. The molecule has 0 atom stereocenters. The second-order valence-corrected chi connectivity index (χ2v) is 10.4. The van der Waals surface area contributed by atoms with Gasteiger partial charge in [-0.25, -0.2) is 4.39 Å². The van der Waals surface area contributed by atoms with Crippen molar-refractivity contribution in [3.05, 3.63) is 101 Å². The largest absolute Gasteiger partial charge is 0.322 e. The maximum Gasteiger partial charge on any atom is 0.256 e. The number of anilines is 1. The zero-order chi connectivity index (χ0) is 26.0. The third-order valence-corrected chi connectivity index (χ3v) is 7.74. The predicted molar refractivity (Wildman–Crippen MR) is 151 cm³/mol. The smallest absolute Gasteiger partial charge is 0.256 e. The molecule has 192 valence electrons. The number of ketones is 1. The minimum absolute atomic E-state index is 0.0340. The van der Waals surface area contributed by atoms with Gasteiger partial charge in [-0.15, -0.1) is 11.8 Å². The van der Waals surface area contributed by atoms with E-state index in [9.17, 15) is 14.0 Å². The monoisotopic (exact) mass is 516 g/mol. The molecule has 0 bridgehead atoms. The predicted octanol–water partition coefficient (Wildman–Crippen LogP) is 7.19. The highest BCUT2D eigenvalue weighted by molar-refractivity contribution is 7.99. The van der Waals surface area contributed by atoms with Gasteiger partial charge in [0.2, 0.25) is 0 Å². The SMILES string of the molecule is CC=Cc1ccccc1C(=O)Nc1ccc(SCCCN2CCC(C(=O)c3ccc(F)cc3)CC2)cc1. The van der Waals surface area contributed by atoms with E-state index in [0.29, 0.717) is 11.1 Å². The first-order valence-corrected chi connectivity index (χ1v) is 13.8. The molecule has 4 rings (SSSR count). The van der Waals surface area contributed by atoms with E-state index in [1.54, 1.807) is 12.1 Å². The number of benzene rings is 3. The first-order valence-electron chi connectivity index (χ1n) is 12.8. The number of hydrogen-bond acceptors (Lipinski definition) is 4. The van der Waals surface area contributed by atoms with Crippen molar-refractivity contribution in [2.24, 2.45) is 5.92 Å². The van der Waals surface area contributed by atoms with Gasteiger partial charge >= 0.3 is 0 Å². The molecule has 0 aliphatic carbocycles. The molecule has 1 heterocycles. The third-order valence-electron chi connectivity index (χ3n) is 6.64. The highest BCUT2D eigenvalue weighted by atomic mass is 32.2. The number of nitrogens with zero attached hydrogens (tertiary/aromatic N) is 1. The summed E-state index contributed by atoms with van der Waals surface area (Å²) in [5.41, 5.74) is 2.95. The number of nitrogens with one attached hydrogen (secondary N) is 1. The van der Waals surface area contributed by atoms with Gasteiger partial charge in [-0.3, -0.25) is 9.59 Å². The summed E-state index contributed by atoms with van der Waals surface area (Å²) < 4.78 is 13.1. The van der Waals surface area contributed by atoms with Crippen LogP contribution in [0.25, 0.3) is 6.08 Å². The van der Waals surface area contributed by atoms with Gasteiger partial charge in [-0.05, 0) is 112 Å². The van der Waals surface area contributed by atoms with Crippen LogP contribution in [-0.4, -0.2) is 42.0 Å². The highest BCUT2D eigenvalue weighted by Gasteiger charge is 2.25. The second kappa shape index (κ2) is 13.4. The molecule has 0 aromatic heterocycles. The lowest BCUT2D eigenvalue weighted by atomic mass is 9.89. The van der Waals surface area contributed by atoms with Crippen LogP contribution in [0.3, 0.4) is 0 Å². The van der Waals surface area contributed by atoms with Gasteiger partial charge in [0.1, 0.15) is 5.82 Å². The summed E-state index contributed by atoms with van der Waals surface area (Å²) in [6.45, 7) is 4.80. The van der Waals surface area contributed by atoms with Gasteiger partial charge in [0, 0.05) is 27.6 Å². The molecule has 0 spiro atoms. The molecule has 0 unspecified atom stereocenters. The number of carbonyl (C=O) groups is 2. The Morgan fingerprint density at radius 3 is 2.41 bits per heavy atom. The van der Waals surface area contributed by atoms with Gasteiger partial charge in [0.05, 0.1) is 0 Å². The fourth-order valence-electron chi connectivity index (χ4n) is 4.61. The molecular weight excluding hydrogens is 483 g/mol. The molecule has 1 saturated heterocycles. The molecule has 1 aliphatic heterocycles. The number of Topliss-reactive ketones (excluding diaryl/α,β-unsaturated/α-hetero) is 1. The number of rotatable bonds is 10. The summed E-state index contributed by atoms with van der Waals surface area (Å²) in [6, 6.07) is 21.4. The maximum absolute atomic E-state index is 13.1. The van der Waals surface area contributed by atoms with Crippen LogP contribution in [0.15, 0.2) is 83.8 Å². The number of allylic oxidation sites excluding steroid dienone is 1. The Balaban J connectivity index is 1.16. The van der Waals surface area contributed by atoms with Crippen LogP contribution in [0.1, 0.15) is 52.5 Å². The fourth-order valence-corrected chi connectivity index (χ4v) is 5.45. The number of amides is 1. The standard InChI is InChI=1S/C31H33FN2O2S/c1-2-6-23-7-3-4-8-29(23)31(36)33-27-13-15-28(16-14-27)37-22-5-19-34-20-17-25(18-21-34)30(35)24-9-11-26(32)12-10-24/h2-4,6-16,25H,5,17-22H2,1H3,(H,33,36). The summed E-state index contributed by atoms with van der Waals surface area (Å²) >= 11 is 1.81. The van der Waals surface area contributed by atoms with Crippen LogP contribution in [0, 0.1) is 11.7 Å². The Morgan fingerprint density at radius 1 is 1.00 bits per heavy atom. The van der Waals surface area contributed by atoms with Crippen LogP contribution in [0.2, 0.25) is 0 Å². The third kappa shape index (κ3) is 7.63. The number of likely N-dealkylation sites (tertiary alicyclic amines) is 1. The lowest BCUT2D eigenvalue weighted by Crippen LogP contribution is -2.37. The van der Waals surface area contributed by atoms with Gasteiger partial charge in [0.15, 0.2) is 5.78 Å². The van der Waals surface area contributed by atoms with E-state index in [1.165, 1.54) is 17.0 Å². The molecule has 4 nitrogen and oxygen atoms in total. The summed E-state index contributed by atoms with van der Waals surface area (Å²) in [7, 11) is 0. The number of carbonyl (C=O) groups excluding carboxylic acids is 2. The first-order chi connectivity index (χ1) is 18.0. The van der Waals surface area contributed by atoms with E-state index < -0.39 is 0 Å². The molecule has 1 N–H and O–H groups in total. The Labute approximate surface area is 223 Å². The minimum atomic E-state index is -0.311. The van der Waals surface area contributed by atoms with Gasteiger partial charge in [-0.2, -0.15) is 0 Å². The van der Waals surface area contributed by atoms with Crippen molar-refractivity contribution in [3.8, 4) is 0 Å². The zero-order valence-electron chi connectivity index (χ0n) is 21.2. The summed E-state index contributed by atoms with van der Waals surface area (Å²) in [5.74, 6) is 0.756.